The predicted octanol–water partition coefficient (Wildman–Crippen LogP) is 4.72. The number of benzene rings is 2. The molecule has 164 valence electrons. The summed E-state index contributed by atoms with van der Waals surface area (Å²) in [6.07, 6.45) is 3.71. The van der Waals surface area contributed by atoms with Crippen molar-refractivity contribution in [3.63, 3.8) is 0 Å². The summed E-state index contributed by atoms with van der Waals surface area (Å²) in [4.78, 5) is 16.3. The van der Waals surface area contributed by atoms with Crippen molar-refractivity contribution in [2.75, 3.05) is 0 Å². The van der Waals surface area contributed by atoms with Gasteiger partial charge in [0, 0.05) is 54.6 Å². The van der Waals surface area contributed by atoms with Crippen LogP contribution in [-0.2, 0) is 20.7 Å². The normalized spacial score (nSPS) is 11.1. The average molecular weight is 440 g/mol. The fourth-order valence-electron chi connectivity index (χ4n) is 3.77. The van der Waals surface area contributed by atoms with Crippen molar-refractivity contribution >= 4 is 10.9 Å². The van der Waals surface area contributed by atoms with Gasteiger partial charge in [-0.05, 0) is 54.6 Å². The van der Waals surface area contributed by atoms with Crippen LogP contribution in [0.15, 0.2) is 83.9 Å². The molecular formula is C26H21FN4O2. The van der Waals surface area contributed by atoms with Gasteiger partial charge in [0.15, 0.2) is 0 Å². The highest BCUT2D eigenvalue weighted by Crippen LogP contribution is 2.26. The van der Waals surface area contributed by atoms with Gasteiger partial charge in [0.05, 0.1) is 11.2 Å². The number of hydrogen-bond donors (Lipinski definition) is 0. The van der Waals surface area contributed by atoms with Crippen molar-refractivity contribution in [2.24, 2.45) is 14.1 Å². The highest BCUT2D eigenvalue weighted by molar-refractivity contribution is 5.81. The molecule has 0 bridgehead atoms. The maximum absolute atomic E-state index is 13.4. The number of rotatable bonds is 5. The van der Waals surface area contributed by atoms with Crippen molar-refractivity contribution in [1.29, 1.82) is 0 Å². The van der Waals surface area contributed by atoms with Crippen LogP contribution >= 0.6 is 0 Å². The van der Waals surface area contributed by atoms with E-state index in [4.69, 9.17) is 4.74 Å². The Morgan fingerprint density at radius 3 is 2.48 bits per heavy atom. The first kappa shape index (κ1) is 20.6. The Balaban J connectivity index is 1.34. The Bertz CT molecular complexity index is 1520. The van der Waals surface area contributed by atoms with E-state index >= 15 is 0 Å². The van der Waals surface area contributed by atoms with Crippen LogP contribution < -0.4 is 10.3 Å². The summed E-state index contributed by atoms with van der Waals surface area (Å²) < 4.78 is 22.7. The second-order valence-corrected chi connectivity index (χ2v) is 7.88. The molecule has 5 aromatic rings. The average Bonchev–Trinajstić information content (AvgIpc) is 3.20. The molecule has 6 nitrogen and oxygen atoms in total. The second-order valence-electron chi connectivity index (χ2n) is 7.88. The Hall–Kier alpha value is -4.26. The Morgan fingerprint density at radius 1 is 0.909 bits per heavy atom. The van der Waals surface area contributed by atoms with Crippen LogP contribution in [0, 0.1) is 5.82 Å². The number of ether oxygens (including phenoxy) is 1. The molecule has 3 aromatic heterocycles. The molecule has 0 fully saturated rings. The fourth-order valence-corrected chi connectivity index (χ4v) is 3.77. The van der Waals surface area contributed by atoms with Crippen LogP contribution in [0.5, 0.6) is 5.75 Å². The first-order valence-electron chi connectivity index (χ1n) is 10.5. The molecule has 0 aliphatic heterocycles. The number of pyridine rings is 2. The maximum atomic E-state index is 13.4. The van der Waals surface area contributed by atoms with Gasteiger partial charge in [-0.1, -0.05) is 6.07 Å². The summed E-state index contributed by atoms with van der Waals surface area (Å²) in [5.74, 6) is 0.435. The Kier molecular flexibility index (Phi) is 5.22. The van der Waals surface area contributed by atoms with Crippen LogP contribution in [0.25, 0.3) is 33.3 Å². The van der Waals surface area contributed by atoms with E-state index in [9.17, 15) is 9.18 Å². The molecule has 0 aliphatic carbocycles. The molecule has 33 heavy (non-hydrogen) atoms. The summed E-state index contributed by atoms with van der Waals surface area (Å²) in [5.41, 5.74) is 5.04. The number of halogens is 1. The quantitative estimate of drug-likeness (QED) is 0.397. The molecule has 0 radical (unpaired) electrons. The molecule has 0 aliphatic rings. The van der Waals surface area contributed by atoms with Crippen LogP contribution in [0.2, 0.25) is 0 Å². The van der Waals surface area contributed by atoms with Crippen LogP contribution in [0.3, 0.4) is 0 Å². The summed E-state index contributed by atoms with van der Waals surface area (Å²) >= 11 is 0. The van der Waals surface area contributed by atoms with Crippen molar-refractivity contribution in [2.45, 2.75) is 6.61 Å². The number of fused-ring (bicyclic) bond motifs is 1. The van der Waals surface area contributed by atoms with Crippen molar-refractivity contribution in [3.05, 3.63) is 101 Å². The zero-order valence-electron chi connectivity index (χ0n) is 18.2. The van der Waals surface area contributed by atoms with Gasteiger partial charge in [-0.3, -0.25) is 9.48 Å². The van der Waals surface area contributed by atoms with Gasteiger partial charge in [-0.15, -0.1) is 0 Å². The van der Waals surface area contributed by atoms with Gasteiger partial charge in [0.2, 0.25) is 5.56 Å². The van der Waals surface area contributed by atoms with E-state index in [-0.39, 0.29) is 18.0 Å². The van der Waals surface area contributed by atoms with E-state index in [1.54, 1.807) is 40.7 Å². The van der Waals surface area contributed by atoms with Gasteiger partial charge in [-0.25, -0.2) is 9.37 Å². The lowest BCUT2D eigenvalue weighted by Crippen LogP contribution is -2.14. The van der Waals surface area contributed by atoms with Crippen molar-refractivity contribution < 1.29 is 9.13 Å². The number of aromatic nitrogens is 4. The van der Waals surface area contributed by atoms with E-state index in [0.717, 1.165) is 39.0 Å². The Labute approximate surface area is 189 Å². The molecule has 0 saturated heterocycles. The second kappa shape index (κ2) is 8.35. The van der Waals surface area contributed by atoms with Crippen LogP contribution in [0.4, 0.5) is 4.39 Å². The van der Waals surface area contributed by atoms with Gasteiger partial charge in [0.1, 0.15) is 23.9 Å². The molecule has 2 aromatic carbocycles. The monoisotopic (exact) mass is 440 g/mol. The zero-order chi connectivity index (χ0) is 22.9. The van der Waals surface area contributed by atoms with E-state index in [1.807, 2.05) is 49.6 Å². The third-order valence-corrected chi connectivity index (χ3v) is 5.48. The molecule has 0 amide bonds. The third kappa shape index (κ3) is 4.25. The summed E-state index contributed by atoms with van der Waals surface area (Å²) in [6.45, 7) is 0.290. The van der Waals surface area contributed by atoms with E-state index in [2.05, 4.69) is 10.1 Å². The molecule has 0 N–H and O–H groups in total. The van der Waals surface area contributed by atoms with Crippen molar-refractivity contribution in [3.8, 4) is 28.1 Å². The minimum atomic E-state index is -0.272. The lowest BCUT2D eigenvalue weighted by molar-refractivity contribution is 0.300. The van der Waals surface area contributed by atoms with E-state index in [0.29, 0.717) is 5.75 Å². The smallest absolute Gasteiger partial charge is 0.250 e. The minimum Gasteiger partial charge on any atom is -0.487 e. The van der Waals surface area contributed by atoms with Gasteiger partial charge in [-0.2, -0.15) is 5.10 Å². The summed E-state index contributed by atoms with van der Waals surface area (Å²) in [6, 6.07) is 19.3. The molecule has 0 atom stereocenters. The molecule has 0 spiro atoms. The molecule has 5 rings (SSSR count). The molecule has 3 heterocycles. The van der Waals surface area contributed by atoms with E-state index in [1.165, 1.54) is 12.1 Å². The highest BCUT2D eigenvalue weighted by atomic mass is 19.1. The first-order chi connectivity index (χ1) is 16.0. The summed E-state index contributed by atoms with van der Waals surface area (Å²) in [7, 11) is 3.58. The first-order valence-corrected chi connectivity index (χ1v) is 10.5. The number of aryl methyl sites for hydroxylation is 2. The largest absolute Gasteiger partial charge is 0.487 e. The highest BCUT2D eigenvalue weighted by Gasteiger charge is 2.12. The molecule has 0 saturated carbocycles. The molecule has 0 unspecified atom stereocenters. The summed E-state index contributed by atoms with van der Waals surface area (Å²) in [5, 5.41) is 5.29. The standard InChI is InChI=1S/C26H21FN4O2/c1-30-14-19(6-12-26(30)32)22-15-31(2)29-25(22)16-33-21-8-3-17(4-9-21)23-10-5-18-13-20(27)7-11-24(18)28-23/h3-15H,16H2,1-2H3. The van der Waals surface area contributed by atoms with Crippen LogP contribution in [-0.4, -0.2) is 19.3 Å². The number of hydrogen-bond acceptors (Lipinski definition) is 4. The molecular weight excluding hydrogens is 419 g/mol. The van der Waals surface area contributed by atoms with Gasteiger partial charge >= 0.3 is 0 Å². The lowest BCUT2D eigenvalue weighted by atomic mass is 10.1. The number of nitrogens with zero attached hydrogens (tertiary/aromatic N) is 4. The van der Waals surface area contributed by atoms with E-state index < -0.39 is 0 Å². The predicted molar refractivity (Wildman–Crippen MR) is 125 cm³/mol. The SMILES string of the molecule is Cn1cc(-c2ccc(=O)n(C)c2)c(COc2ccc(-c3ccc4cc(F)ccc4n3)cc2)n1. The molecule has 7 heteroatoms. The topological polar surface area (TPSA) is 61.9 Å². The third-order valence-electron chi connectivity index (χ3n) is 5.48. The van der Waals surface area contributed by atoms with Crippen molar-refractivity contribution in [1.82, 2.24) is 19.3 Å². The zero-order valence-corrected chi connectivity index (χ0v) is 18.2. The minimum absolute atomic E-state index is 0.0615. The lowest BCUT2D eigenvalue weighted by Gasteiger charge is -2.08. The van der Waals surface area contributed by atoms with Gasteiger partial charge in [0.25, 0.3) is 0 Å². The van der Waals surface area contributed by atoms with Crippen LogP contribution in [0.1, 0.15) is 5.69 Å². The fraction of sp³-hybridized carbons (Fsp3) is 0.115. The van der Waals surface area contributed by atoms with Gasteiger partial charge < -0.3 is 9.30 Å². The maximum Gasteiger partial charge on any atom is 0.250 e. The Morgan fingerprint density at radius 2 is 1.70 bits per heavy atom.